The highest BCUT2D eigenvalue weighted by molar-refractivity contribution is 5.96. The van der Waals surface area contributed by atoms with Crippen LogP contribution in [0.4, 0.5) is 0 Å². The van der Waals surface area contributed by atoms with E-state index in [1.165, 1.54) is 12.8 Å². The van der Waals surface area contributed by atoms with E-state index in [4.69, 9.17) is 4.74 Å². The van der Waals surface area contributed by atoms with Gasteiger partial charge in [-0.15, -0.1) is 10.2 Å². The van der Waals surface area contributed by atoms with Gasteiger partial charge in [-0.2, -0.15) is 0 Å². The summed E-state index contributed by atoms with van der Waals surface area (Å²) in [6.45, 7) is 1.52. The Balaban J connectivity index is 1.35. The van der Waals surface area contributed by atoms with E-state index in [0.29, 0.717) is 37.8 Å². The van der Waals surface area contributed by atoms with Gasteiger partial charge in [-0.1, -0.05) is 6.42 Å². The molecule has 0 aliphatic carbocycles. The zero-order valence-corrected chi connectivity index (χ0v) is 16.4. The highest BCUT2D eigenvalue weighted by atomic mass is 16.5. The molecule has 150 valence electrons. The minimum Gasteiger partial charge on any atom is -0.497 e. The second-order valence-electron chi connectivity index (χ2n) is 7.10. The minimum atomic E-state index is -0.0295. The fourth-order valence-electron chi connectivity index (χ4n) is 3.46. The maximum Gasteiger partial charge on any atom is 0.220 e. The molecule has 0 radical (unpaired) electrons. The summed E-state index contributed by atoms with van der Waals surface area (Å²) >= 11 is 0. The Morgan fingerprint density at radius 2 is 1.93 bits per heavy atom. The van der Waals surface area contributed by atoms with E-state index < -0.39 is 0 Å². The third-order valence-corrected chi connectivity index (χ3v) is 5.08. The van der Waals surface area contributed by atoms with E-state index >= 15 is 0 Å². The van der Waals surface area contributed by atoms with E-state index in [1.807, 2.05) is 0 Å². The number of benzene rings is 1. The second-order valence-corrected chi connectivity index (χ2v) is 7.10. The van der Waals surface area contributed by atoms with Crippen LogP contribution in [0.5, 0.6) is 5.75 Å². The Bertz CT molecular complexity index is 798. The molecule has 0 fully saturated rings. The number of hydrogen-bond acceptors (Lipinski definition) is 5. The van der Waals surface area contributed by atoms with Gasteiger partial charge in [-0.25, -0.2) is 0 Å². The van der Waals surface area contributed by atoms with Crippen molar-refractivity contribution in [1.29, 1.82) is 0 Å². The third-order valence-electron chi connectivity index (χ3n) is 5.08. The van der Waals surface area contributed by atoms with Crippen molar-refractivity contribution >= 4 is 11.7 Å². The number of rotatable bonds is 9. The van der Waals surface area contributed by atoms with Crippen LogP contribution in [0.25, 0.3) is 0 Å². The molecule has 1 aromatic carbocycles. The lowest BCUT2D eigenvalue weighted by Gasteiger charge is -2.08. The normalized spacial score (nSPS) is 13.5. The molecular formula is C21H28N4O3. The van der Waals surface area contributed by atoms with Crippen LogP contribution in [0.1, 0.15) is 60.5 Å². The standard InChI is InChI=1S/C21H28N4O3/c1-28-17-11-9-16(10-12-17)18(26)6-5-8-21(27)22-14-13-20-24-23-19-7-3-2-4-15-25(19)20/h9-12H,2-8,13-15H2,1H3,(H,22,27). The van der Waals surface area contributed by atoms with E-state index in [2.05, 4.69) is 20.1 Å². The van der Waals surface area contributed by atoms with Gasteiger partial charge in [0.1, 0.15) is 17.4 Å². The number of nitrogens with one attached hydrogen (secondary N) is 1. The molecule has 3 rings (SSSR count). The third kappa shape index (κ3) is 5.41. The molecule has 7 nitrogen and oxygen atoms in total. The van der Waals surface area contributed by atoms with Gasteiger partial charge in [0.25, 0.3) is 0 Å². The number of Topliss-reactive ketones (excluding diaryl/α,β-unsaturated/α-hetero) is 1. The fraction of sp³-hybridized carbons (Fsp3) is 0.524. The molecule has 0 bridgehead atoms. The number of ether oxygens (including phenoxy) is 1. The molecule has 0 unspecified atom stereocenters. The average Bonchev–Trinajstić information content (AvgIpc) is 2.94. The predicted octanol–water partition coefficient (Wildman–Crippen LogP) is 2.73. The molecule has 1 aliphatic rings. The Morgan fingerprint density at radius 3 is 2.71 bits per heavy atom. The van der Waals surface area contributed by atoms with Crippen LogP contribution in [0.15, 0.2) is 24.3 Å². The molecule has 1 aliphatic heterocycles. The van der Waals surface area contributed by atoms with Gasteiger partial charge in [-0.05, 0) is 43.5 Å². The van der Waals surface area contributed by atoms with Crippen molar-refractivity contribution < 1.29 is 14.3 Å². The largest absolute Gasteiger partial charge is 0.497 e. The molecular weight excluding hydrogens is 356 g/mol. The topological polar surface area (TPSA) is 86.1 Å². The molecule has 0 spiro atoms. The number of aryl methyl sites for hydroxylation is 1. The van der Waals surface area contributed by atoms with Crippen LogP contribution in [-0.2, 0) is 24.2 Å². The van der Waals surface area contributed by atoms with Gasteiger partial charge in [-0.3, -0.25) is 9.59 Å². The van der Waals surface area contributed by atoms with Crippen molar-refractivity contribution in [3.05, 3.63) is 41.5 Å². The fourth-order valence-corrected chi connectivity index (χ4v) is 3.46. The number of carbonyl (C=O) groups is 2. The molecule has 7 heteroatoms. The van der Waals surface area contributed by atoms with E-state index in [9.17, 15) is 9.59 Å². The monoisotopic (exact) mass is 384 g/mol. The van der Waals surface area contributed by atoms with Gasteiger partial charge >= 0.3 is 0 Å². The van der Waals surface area contributed by atoms with Gasteiger partial charge in [0, 0.05) is 44.3 Å². The Hall–Kier alpha value is -2.70. The molecule has 1 aromatic heterocycles. The first-order valence-electron chi connectivity index (χ1n) is 10.0. The van der Waals surface area contributed by atoms with Crippen LogP contribution in [0.3, 0.4) is 0 Å². The van der Waals surface area contributed by atoms with E-state index in [-0.39, 0.29) is 11.7 Å². The van der Waals surface area contributed by atoms with Crippen molar-refractivity contribution in [2.24, 2.45) is 0 Å². The molecule has 0 saturated carbocycles. The van der Waals surface area contributed by atoms with Crippen molar-refractivity contribution in [2.75, 3.05) is 13.7 Å². The van der Waals surface area contributed by atoms with Crippen LogP contribution < -0.4 is 10.1 Å². The van der Waals surface area contributed by atoms with Gasteiger partial charge in [0.2, 0.25) is 5.91 Å². The van der Waals surface area contributed by atoms with E-state index in [1.54, 1.807) is 31.4 Å². The van der Waals surface area contributed by atoms with Crippen LogP contribution in [0.2, 0.25) is 0 Å². The van der Waals surface area contributed by atoms with Crippen LogP contribution in [0, 0.1) is 0 Å². The van der Waals surface area contributed by atoms with Crippen molar-refractivity contribution in [2.45, 2.75) is 57.9 Å². The Labute approximate surface area is 165 Å². The van der Waals surface area contributed by atoms with Crippen molar-refractivity contribution in [1.82, 2.24) is 20.1 Å². The molecule has 2 aromatic rings. The molecule has 0 atom stereocenters. The smallest absolute Gasteiger partial charge is 0.220 e. The number of aromatic nitrogens is 3. The average molecular weight is 384 g/mol. The van der Waals surface area contributed by atoms with Crippen LogP contribution >= 0.6 is 0 Å². The zero-order valence-electron chi connectivity index (χ0n) is 16.4. The number of ketones is 1. The maximum atomic E-state index is 12.2. The summed E-state index contributed by atoms with van der Waals surface area (Å²) < 4.78 is 7.29. The lowest BCUT2D eigenvalue weighted by Crippen LogP contribution is -2.26. The van der Waals surface area contributed by atoms with Gasteiger partial charge < -0.3 is 14.6 Å². The lowest BCUT2D eigenvalue weighted by atomic mass is 10.1. The Kier molecular flexibility index (Phi) is 7.17. The summed E-state index contributed by atoms with van der Waals surface area (Å²) in [7, 11) is 1.59. The SMILES string of the molecule is COc1ccc(C(=O)CCCC(=O)NCCc2nnc3n2CCCCC3)cc1. The van der Waals surface area contributed by atoms with Crippen molar-refractivity contribution in [3.8, 4) is 5.75 Å². The summed E-state index contributed by atoms with van der Waals surface area (Å²) in [4.78, 5) is 24.2. The predicted molar refractivity (Wildman–Crippen MR) is 105 cm³/mol. The first kappa shape index (κ1) is 20.0. The first-order chi connectivity index (χ1) is 13.7. The highest BCUT2D eigenvalue weighted by Crippen LogP contribution is 2.15. The van der Waals surface area contributed by atoms with Gasteiger partial charge in [0.15, 0.2) is 5.78 Å². The first-order valence-corrected chi connectivity index (χ1v) is 10.0. The lowest BCUT2D eigenvalue weighted by molar-refractivity contribution is -0.121. The maximum absolute atomic E-state index is 12.2. The van der Waals surface area contributed by atoms with Crippen molar-refractivity contribution in [3.63, 3.8) is 0 Å². The van der Waals surface area contributed by atoms with Gasteiger partial charge in [0.05, 0.1) is 7.11 Å². The number of methoxy groups -OCH3 is 1. The number of fused-ring (bicyclic) bond motifs is 1. The number of nitrogens with zero attached hydrogens (tertiary/aromatic N) is 3. The molecule has 0 saturated heterocycles. The summed E-state index contributed by atoms with van der Waals surface area (Å²) in [5.41, 5.74) is 0.647. The second kappa shape index (κ2) is 10.0. The minimum absolute atomic E-state index is 0.0295. The number of carbonyl (C=O) groups excluding carboxylic acids is 2. The Morgan fingerprint density at radius 1 is 1.11 bits per heavy atom. The summed E-state index contributed by atoms with van der Waals surface area (Å²) in [5.74, 6) is 2.75. The van der Waals surface area contributed by atoms with E-state index in [0.717, 1.165) is 36.8 Å². The molecule has 1 amide bonds. The highest BCUT2D eigenvalue weighted by Gasteiger charge is 2.14. The zero-order chi connectivity index (χ0) is 19.8. The summed E-state index contributed by atoms with van der Waals surface area (Å²) in [5, 5.41) is 11.5. The number of hydrogen-bond donors (Lipinski definition) is 1. The quantitative estimate of drug-likeness (QED) is 0.672. The molecule has 2 heterocycles. The summed E-state index contributed by atoms with van der Waals surface area (Å²) in [6, 6.07) is 7.04. The van der Waals surface area contributed by atoms with Crippen LogP contribution in [-0.4, -0.2) is 40.1 Å². The molecule has 1 N–H and O–H groups in total. The number of amides is 1. The summed E-state index contributed by atoms with van der Waals surface area (Å²) in [6.07, 6.45) is 6.48. The molecule has 28 heavy (non-hydrogen) atoms.